The van der Waals surface area contributed by atoms with E-state index in [1.165, 1.54) is 12.1 Å². The Labute approximate surface area is 130 Å². The zero-order valence-electron chi connectivity index (χ0n) is 12.7. The van der Waals surface area contributed by atoms with Gasteiger partial charge in [-0.25, -0.2) is 13.1 Å². The van der Waals surface area contributed by atoms with Crippen molar-refractivity contribution in [2.45, 2.75) is 44.0 Å². The highest BCUT2D eigenvalue weighted by Crippen LogP contribution is 2.39. The molecule has 6 nitrogen and oxygen atoms in total. The molecular formula is C15H21NO5S. The van der Waals surface area contributed by atoms with Crippen molar-refractivity contribution in [2.24, 2.45) is 5.41 Å². The molecular weight excluding hydrogens is 306 g/mol. The van der Waals surface area contributed by atoms with Crippen LogP contribution in [0, 0.1) is 5.41 Å². The molecule has 1 aromatic rings. The number of hydrogen-bond donors (Lipinski definition) is 2. The SMILES string of the molecule is CCOc1cccc(S(=O)(=O)NC2CCCC2(C)C(=O)O)c1. The van der Waals surface area contributed by atoms with Gasteiger partial charge in [-0.2, -0.15) is 0 Å². The van der Waals surface area contributed by atoms with Gasteiger partial charge in [0.05, 0.1) is 16.9 Å². The summed E-state index contributed by atoms with van der Waals surface area (Å²) in [6, 6.07) is 5.59. The third-order valence-corrected chi connectivity index (χ3v) is 5.64. The summed E-state index contributed by atoms with van der Waals surface area (Å²) in [4.78, 5) is 11.5. The minimum Gasteiger partial charge on any atom is -0.494 e. The van der Waals surface area contributed by atoms with E-state index in [2.05, 4.69) is 4.72 Å². The minimum absolute atomic E-state index is 0.0816. The van der Waals surface area contributed by atoms with Crippen LogP contribution in [-0.4, -0.2) is 32.1 Å². The first kappa shape index (κ1) is 16.8. The summed E-state index contributed by atoms with van der Waals surface area (Å²) in [6.07, 6.45) is 1.68. The molecule has 0 aromatic heterocycles. The molecule has 1 aliphatic rings. The van der Waals surface area contributed by atoms with Gasteiger partial charge in [-0.1, -0.05) is 12.5 Å². The lowest BCUT2D eigenvalue weighted by Gasteiger charge is -2.27. The standard InChI is InChI=1S/C15H21NO5S/c1-3-21-11-6-4-7-12(10-11)22(19,20)16-13-8-5-9-15(13,2)14(17)18/h4,6-7,10,13,16H,3,5,8-9H2,1-2H3,(H,17,18). The maximum Gasteiger partial charge on any atom is 0.310 e. The molecule has 0 amide bonds. The molecule has 1 aromatic carbocycles. The van der Waals surface area contributed by atoms with Gasteiger partial charge in [0.15, 0.2) is 0 Å². The number of aliphatic carboxylic acids is 1. The number of rotatable bonds is 6. The lowest BCUT2D eigenvalue weighted by Crippen LogP contribution is -2.46. The molecule has 0 bridgehead atoms. The summed E-state index contributed by atoms with van der Waals surface area (Å²) in [5.74, 6) is -0.501. The van der Waals surface area contributed by atoms with Crippen LogP contribution >= 0.6 is 0 Å². The van der Waals surface area contributed by atoms with E-state index in [1.54, 1.807) is 19.1 Å². The van der Waals surface area contributed by atoms with Crippen LogP contribution in [0.15, 0.2) is 29.2 Å². The van der Waals surface area contributed by atoms with Gasteiger partial charge in [0.25, 0.3) is 0 Å². The first-order chi connectivity index (χ1) is 10.3. The zero-order valence-corrected chi connectivity index (χ0v) is 13.5. The highest BCUT2D eigenvalue weighted by molar-refractivity contribution is 7.89. The van der Waals surface area contributed by atoms with E-state index in [1.807, 2.05) is 6.92 Å². The van der Waals surface area contributed by atoms with Gasteiger partial charge in [0.2, 0.25) is 10.0 Å². The summed E-state index contributed by atoms with van der Waals surface area (Å²) in [6.45, 7) is 3.85. The van der Waals surface area contributed by atoms with E-state index < -0.39 is 27.4 Å². The average molecular weight is 327 g/mol. The summed E-state index contributed by atoms with van der Waals surface area (Å²) < 4.78 is 32.8. The van der Waals surface area contributed by atoms with Crippen LogP contribution in [0.25, 0.3) is 0 Å². The quantitative estimate of drug-likeness (QED) is 0.834. The van der Waals surface area contributed by atoms with E-state index in [9.17, 15) is 18.3 Å². The lowest BCUT2D eigenvalue weighted by atomic mass is 9.85. The molecule has 2 N–H and O–H groups in total. The predicted molar refractivity (Wildman–Crippen MR) is 81.3 cm³/mol. The molecule has 0 saturated heterocycles. The number of ether oxygens (including phenoxy) is 1. The van der Waals surface area contributed by atoms with Gasteiger partial charge < -0.3 is 9.84 Å². The van der Waals surface area contributed by atoms with Crippen LogP contribution in [-0.2, 0) is 14.8 Å². The van der Waals surface area contributed by atoms with E-state index in [-0.39, 0.29) is 4.90 Å². The van der Waals surface area contributed by atoms with Crippen molar-refractivity contribution < 1.29 is 23.1 Å². The van der Waals surface area contributed by atoms with Crippen LogP contribution < -0.4 is 9.46 Å². The minimum atomic E-state index is -3.78. The number of carbonyl (C=O) groups is 1. The average Bonchev–Trinajstić information content (AvgIpc) is 2.82. The fourth-order valence-corrected chi connectivity index (χ4v) is 4.18. The van der Waals surface area contributed by atoms with E-state index >= 15 is 0 Å². The van der Waals surface area contributed by atoms with Gasteiger partial charge in [-0.15, -0.1) is 0 Å². The Morgan fingerprint density at radius 3 is 2.86 bits per heavy atom. The fraction of sp³-hybridized carbons (Fsp3) is 0.533. The van der Waals surface area contributed by atoms with Crippen molar-refractivity contribution in [1.82, 2.24) is 4.72 Å². The van der Waals surface area contributed by atoms with Crippen LogP contribution in [0.3, 0.4) is 0 Å². The van der Waals surface area contributed by atoms with Crippen molar-refractivity contribution in [3.8, 4) is 5.75 Å². The summed E-state index contributed by atoms with van der Waals surface area (Å²) in [7, 11) is -3.78. The second-order valence-corrected chi connectivity index (χ2v) is 7.41. The second kappa shape index (κ2) is 6.26. The van der Waals surface area contributed by atoms with Crippen molar-refractivity contribution in [1.29, 1.82) is 0 Å². The van der Waals surface area contributed by atoms with Gasteiger partial charge in [-0.3, -0.25) is 4.79 Å². The Bertz CT molecular complexity index is 658. The number of carboxylic acids is 1. The number of hydrogen-bond acceptors (Lipinski definition) is 4. The van der Waals surface area contributed by atoms with Crippen molar-refractivity contribution >= 4 is 16.0 Å². The van der Waals surface area contributed by atoms with Crippen LogP contribution in [0.2, 0.25) is 0 Å². The van der Waals surface area contributed by atoms with E-state index in [4.69, 9.17) is 4.74 Å². The monoisotopic (exact) mass is 327 g/mol. The Morgan fingerprint density at radius 1 is 1.50 bits per heavy atom. The third-order valence-electron chi connectivity index (χ3n) is 4.17. The molecule has 1 aliphatic carbocycles. The number of benzene rings is 1. The molecule has 0 heterocycles. The molecule has 1 saturated carbocycles. The maximum absolute atomic E-state index is 12.5. The summed E-state index contributed by atoms with van der Waals surface area (Å²) >= 11 is 0. The predicted octanol–water partition coefficient (Wildman–Crippen LogP) is 2.01. The van der Waals surface area contributed by atoms with E-state index in [0.717, 1.165) is 0 Å². The lowest BCUT2D eigenvalue weighted by molar-refractivity contribution is -0.148. The van der Waals surface area contributed by atoms with Crippen LogP contribution in [0.1, 0.15) is 33.1 Å². The summed E-state index contributed by atoms with van der Waals surface area (Å²) in [5.41, 5.74) is -1.06. The van der Waals surface area contributed by atoms with Crippen molar-refractivity contribution in [2.75, 3.05) is 6.61 Å². The molecule has 122 valence electrons. The van der Waals surface area contributed by atoms with Crippen molar-refractivity contribution in [3.63, 3.8) is 0 Å². The van der Waals surface area contributed by atoms with E-state index in [0.29, 0.717) is 31.6 Å². The van der Waals surface area contributed by atoms with Gasteiger partial charge in [0, 0.05) is 12.1 Å². The Kier molecular flexibility index (Phi) is 4.77. The molecule has 0 aliphatic heterocycles. The van der Waals surface area contributed by atoms with Crippen molar-refractivity contribution in [3.05, 3.63) is 24.3 Å². The largest absolute Gasteiger partial charge is 0.494 e. The zero-order chi connectivity index (χ0) is 16.4. The summed E-state index contributed by atoms with van der Waals surface area (Å²) in [5, 5.41) is 9.37. The van der Waals surface area contributed by atoms with Gasteiger partial charge in [0.1, 0.15) is 5.75 Å². The Morgan fingerprint density at radius 2 is 2.23 bits per heavy atom. The molecule has 7 heteroatoms. The number of nitrogens with one attached hydrogen (secondary N) is 1. The first-order valence-electron chi connectivity index (χ1n) is 7.28. The normalized spacial score (nSPS) is 25.1. The highest BCUT2D eigenvalue weighted by Gasteiger charge is 2.46. The number of sulfonamides is 1. The molecule has 0 radical (unpaired) electrons. The van der Waals surface area contributed by atoms with Crippen LogP contribution in [0.4, 0.5) is 0 Å². The third kappa shape index (κ3) is 3.25. The van der Waals surface area contributed by atoms with Gasteiger partial charge in [-0.05, 0) is 38.8 Å². The highest BCUT2D eigenvalue weighted by atomic mass is 32.2. The van der Waals surface area contributed by atoms with Gasteiger partial charge >= 0.3 is 5.97 Å². The molecule has 0 spiro atoms. The fourth-order valence-electron chi connectivity index (χ4n) is 2.76. The number of carboxylic acid groups (broad SMARTS) is 1. The molecule has 22 heavy (non-hydrogen) atoms. The molecule has 1 fully saturated rings. The second-order valence-electron chi connectivity index (χ2n) is 5.70. The molecule has 2 atom stereocenters. The molecule has 2 rings (SSSR count). The molecule has 2 unspecified atom stereocenters. The maximum atomic E-state index is 12.5. The van der Waals surface area contributed by atoms with Crippen LogP contribution in [0.5, 0.6) is 5.75 Å². The smallest absolute Gasteiger partial charge is 0.310 e. The topological polar surface area (TPSA) is 92.7 Å². The Hall–Kier alpha value is -1.60. The first-order valence-corrected chi connectivity index (χ1v) is 8.76. The Balaban J connectivity index is 2.24.